The molecule has 1 heterocycles. The molecule has 4 heteroatoms. The van der Waals surface area contributed by atoms with Gasteiger partial charge in [-0.2, -0.15) is 0 Å². The van der Waals surface area contributed by atoms with E-state index in [9.17, 15) is 9.90 Å². The van der Waals surface area contributed by atoms with Gasteiger partial charge in [0.2, 0.25) is 5.76 Å². The Hall–Kier alpha value is -1.81. The fourth-order valence-electron chi connectivity index (χ4n) is 2.24. The van der Waals surface area contributed by atoms with Crippen LogP contribution in [0.1, 0.15) is 10.6 Å². The van der Waals surface area contributed by atoms with E-state index in [1.807, 2.05) is 60.7 Å². The van der Waals surface area contributed by atoms with E-state index in [1.165, 1.54) is 6.26 Å². The maximum absolute atomic E-state index is 11.3. The predicted octanol–water partition coefficient (Wildman–Crippen LogP) is 1.32. The number of carbonyl (C=O) groups is 1. The minimum atomic E-state index is -1.06. The van der Waals surface area contributed by atoms with Crippen LogP contribution < -0.4 is 29.6 Å². The van der Waals surface area contributed by atoms with E-state index in [4.69, 9.17) is 4.42 Å². The van der Waals surface area contributed by atoms with Crippen molar-refractivity contribution < 1.29 is 43.9 Å². The molecular weight excluding hydrogens is 275 g/mol. The Balaban J connectivity index is 0.00000161. The number of aromatic carboxylic acids is 1. The van der Waals surface area contributed by atoms with Gasteiger partial charge in [-0.3, -0.25) is 0 Å². The van der Waals surface area contributed by atoms with Crippen molar-refractivity contribution in [2.24, 2.45) is 0 Å². The van der Waals surface area contributed by atoms with Gasteiger partial charge in [0.05, 0.1) is 0 Å². The molecule has 0 saturated carbocycles. The largest absolute Gasteiger partial charge is 1.00 e. The Morgan fingerprint density at radius 2 is 1.38 bits per heavy atom. The standard InChI is InChI=1S/C17H12O3.Na/c18-17(19)16-15(13-9-5-2-6-10-13)14(11-20-16)12-7-3-1-4-8-12;/h1-11H,(H,18,19);/q;+1. The monoisotopic (exact) mass is 287 g/mol. The molecule has 0 aliphatic carbocycles. The van der Waals surface area contributed by atoms with Gasteiger partial charge in [-0.05, 0) is 11.1 Å². The molecule has 0 aliphatic rings. The van der Waals surface area contributed by atoms with Crippen molar-refractivity contribution in [1.82, 2.24) is 0 Å². The van der Waals surface area contributed by atoms with Crippen molar-refractivity contribution in [2.75, 3.05) is 0 Å². The molecule has 2 aromatic carbocycles. The van der Waals surface area contributed by atoms with Crippen LogP contribution >= 0.6 is 0 Å². The zero-order chi connectivity index (χ0) is 13.9. The Morgan fingerprint density at radius 3 is 1.90 bits per heavy atom. The Kier molecular flexibility index (Phi) is 5.02. The van der Waals surface area contributed by atoms with E-state index in [-0.39, 0.29) is 35.3 Å². The molecule has 0 radical (unpaired) electrons. The SMILES string of the molecule is O=C(O)c1occ(-c2ccccc2)c1-c1ccccc1.[Na+]. The van der Waals surface area contributed by atoms with E-state index in [2.05, 4.69) is 0 Å². The molecule has 0 atom stereocenters. The molecular formula is C17H12NaO3+. The molecule has 0 unspecified atom stereocenters. The van der Waals surface area contributed by atoms with Gasteiger partial charge in [0.1, 0.15) is 6.26 Å². The van der Waals surface area contributed by atoms with Gasteiger partial charge in [0.15, 0.2) is 0 Å². The molecule has 3 rings (SSSR count). The summed E-state index contributed by atoms with van der Waals surface area (Å²) < 4.78 is 5.27. The topological polar surface area (TPSA) is 50.4 Å². The van der Waals surface area contributed by atoms with E-state index in [0.29, 0.717) is 5.56 Å². The summed E-state index contributed by atoms with van der Waals surface area (Å²) in [5.41, 5.74) is 3.17. The van der Waals surface area contributed by atoms with Crippen LogP contribution in [-0.2, 0) is 0 Å². The molecule has 0 amide bonds. The molecule has 98 valence electrons. The average molecular weight is 287 g/mol. The number of furan rings is 1. The second-order valence-electron chi connectivity index (χ2n) is 4.39. The number of hydrogen-bond acceptors (Lipinski definition) is 2. The minimum Gasteiger partial charge on any atom is -0.475 e. The molecule has 0 spiro atoms. The van der Waals surface area contributed by atoms with Crippen molar-refractivity contribution in [3.05, 3.63) is 72.7 Å². The molecule has 3 aromatic rings. The Morgan fingerprint density at radius 1 is 0.857 bits per heavy atom. The average Bonchev–Trinajstić information content (AvgIpc) is 2.94. The summed E-state index contributed by atoms with van der Waals surface area (Å²) >= 11 is 0. The van der Waals surface area contributed by atoms with Crippen molar-refractivity contribution in [3.63, 3.8) is 0 Å². The third-order valence-corrected chi connectivity index (χ3v) is 3.13. The predicted molar refractivity (Wildman–Crippen MR) is 76.5 cm³/mol. The second kappa shape index (κ2) is 6.76. The molecule has 3 nitrogen and oxygen atoms in total. The van der Waals surface area contributed by atoms with Gasteiger partial charge in [-0.15, -0.1) is 0 Å². The van der Waals surface area contributed by atoms with Crippen LogP contribution in [0.5, 0.6) is 0 Å². The van der Waals surface area contributed by atoms with E-state index in [0.717, 1.165) is 16.7 Å². The first-order valence-electron chi connectivity index (χ1n) is 6.23. The summed E-state index contributed by atoms with van der Waals surface area (Å²) in [5.74, 6) is -1.10. The summed E-state index contributed by atoms with van der Waals surface area (Å²) in [7, 11) is 0. The van der Waals surface area contributed by atoms with Crippen LogP contribution in [0, 0.1) is 0 Å². The Labute approximate surface area is 144 Å². The van der Waals surface area contributed by atoms with E-state index >= 15 is 0 Å². The summed E-state index contributed by atoms with van der Waals surface area (Å²) in [6.07, 6.45) is 1.50. The minimum absolute atomic E-state index is 0. The second-order valence-corrected chi connectivity index (χ2v) is 4.39. The summed E-state index contributed by atoms with van der Waals surface area (Å²) in [6.45, 7) is 0. The maximum Gasteiger partial charge on any atom is 1.00 e. The molecule has 0 bridgehead atoms. The Bertz CT molecular complexity index is 733. The van der Waals surface area contributed by atoms with Gasteiger partial charge in [-0.25, -0.2) is 4.79 Å². The number of hydrogen-bond donors (Lipinski definition) is 1. The molecule has 1 N–H and O–H groups in total. The summed E-state index contributed by atoms with van der Waals surface area (Å²) in [4.78, 5) is 11.3. The van der Waals surface area contributed by atoms with Crippen LogP contribution in [-0.4, -0.2) is 11.1 Å². The number of rotatable bonds is 3. The fourth-order valence-corrected chi connectivity index (χ4v) is 2.24. The molecule has 21 heavy (non-hydrogen) atoms. The first kappa shape index (κ1) is 15.6. The first-order chi connectivity index (χ1) is 9.77. The van der Waals surface area contributed by atoms with Crippen LogP contribution in [0.25, 0.3) is 22.3 Å². The van der Waals surface area contributed by atoms with Crippen molar-refractivity contribution in [1.29, 1.82) is 0 Å². The third-order valence-electron chi connectivity index (χ3n) is 3.13. The number of carboxylic acid groups (broad SMARTS) is 1. The van der Waals surface area contributed by atoms with E-state index in [1.54, 1.807) is 0 Å². The summed E-state index contributed by atoms with van der Waals surface area (Å²) in [6, 6.07) is 19.0. The quantitative estimate of drug-likeness (QED) is 0.739. The number of benzene rings is 2. The number of carboxylic acids is 1. The first-order valence-corrected chi connectivity index (χ1v) is 6.23. The van der Waals surface area contributed by atoms with E-state index < -0.39 is 5.97 Å². The molecule has 0 saturated heterocycles. The van der Waals surface area contributed by atoms with Gasteiger partial charge < -0.3 is 9.52 Å². The van der Waals surface area contributed by atoms with Crippen molar-refractivity contribution in [3.8, 4) is 22.3 Å². The smallest absolute Gasteiger partial charge is 0.475 e. The van der Waals surface area contributed by atoms with Gasteiger partial charge >= 0.3 is 35.5 Å². The zero-order valence-corrected chi connectivity index (χ0v) is 13.6. The van der Waals surface area contributed by atoms with Crippen molar-refractivity contribution >= 4 is 5.97 Å². The fraction of sp³-hybridized carbons (Fsp3) is 0. The van der Waals surface area contributed by atoms with Crippen LogP contribution in [0.2, 0.25) is 0 Å². The van der Waals surface area contributed by atoms with Crippen LogP contribution in [0.4, 0.5) is 0 Å². The van der Waals surface area contributed by atoms with Gasteiger partial charge in [0, 0.05) is 11.1 Å². The normalized spacial score (nSPS) is 9.90. The molecule has 0 fully saturated rings. The van der Waals surface area contributed by atoms with Crippen LogP contribution in [0.15, 0.2) is 71.3 Å². The third kappa shape index (κ3) is 3.10. The van der Waals surface area contributed by atoms with Gasteiger partial charge in [0.25, 0.3) is 0 Å². The molecule has 0 aliphatic heterocycles. The summed E-state index contributed by atoms with van der Waals surface area (Å²) in [5, 5.41) is 9.29. The van der Waals surface area contributed by atoms with Crippen LogP contribution in [0.3, 0.4) is 0 Å². The maximum atomic E-state index is 11.3. The zero-order valence-electron chi connectivity index (χ0n) is 11.6. The van der Waals surface area contributed by atoms with Crippen molar-refractivity contribution in [2.45, 2.75) is 0 Å². The molecule has 1 aromatic heterocycles. The van der Waals surface area contributed by atoms with Gasteiger partial charge in [-0.1, -0.05) is 60.7 Å².